The predicted molar refractivity (Wildman–Crippen MR) is 74.0 cm³/mol. The normalized spacial score (nSPS) is 25.1. The van der Waals surface area contributed by atoms with Crippen LogP contribution in [0.5, 0.6) is 0 Å². The van der Waals surface area contributed by atoms with Crippen molar-refractivity contribution >= 4 is 11.9 Å². The van der Waals surface area contributed by atoms with Crippen LogP contribution < -0.4 is 0 Å². The first kappa shape index (κ1) is 16.7. The Labute approximate surface area is 120 Å². The van der Waals surface area contributed by atoms with Crippen molar-refractivity contribution in [2.75, 3.05) is 14.2 Å². The number of esters is 2. The summed E-state index contributed by atoms with van der Waals surface area (Å²) >= 11 is 0. The highest BCUT2D eigenvalue weighted by atomic mass is 16.5. The van der Waals surface area contributed by atoms with E-state index in [0.29, 0.717) is 6.42 Å². The zero-order valence-corrected chi connectivity index (χ0v) is 12.9. The van der Waals surface area contributed by atoms with Crippen LogP contribution in [-0.4, -0.2) is 37.9 Å². The maximum Gasteiger partial charge on any atom is 0.323 e. The maximum atomic E-state index is 12.1. The third-order valence-corrected chi connectivity index (χ3v) is 3.57. The molecule has 0 saturated heterocycles. The van der Waals surface area contributed by atoms with Gasteiger partial charge in [0.25, 0.3) is 0 Å². The van der Waals surface area contributed by atoms with Crippen molar-refractivity contribution in [3.05, 3.63) is 12.7 Å². The Hall–Kier alpha value is -1.36. The van der Waals surface area contributed by atoms with Crippen molar-refractivity contribution in [2.24, 2.45) is 11.3 Å². The Morgan fingerprint density at radius 2 is 1.65 bits per heavy atom. The molecule has 114 valence electrons. The maximum absolute atomic E-state index is 12.1. The molecule has 0 spiro atoms. The van der Waals surface area contributed by atoms with Gasteiger partial charge in [-0.2, -0.15) is 0 Å². The van der Waals surface area contributed by atoms with E-state index < -0.39 is 17.4 Å². The molecule has 0 amide bonds. The van der Waals surface area contributed by atoms with E-state index in [2.05, 4.69) is 6.58 Å². The SMILES string of the molecule is C=C[C@H]1CC(C(=O)OC)(C(=O)OC)C[C@@H]1OC(C)(C)C. The third-order valence-electron chi connectivity index (χ3n) is 3.57. The van der Waals surface area contributed by atoms with E-state index in [1.807, 2.05) is 20.8 Å². The first-order valence-electron chi connectivity index (χ1n) is 6.67. The molecule has 5 nitrogen and oxygen atoms in total. The number of methoxy groups -OCH3 is 2. The van der Waals surface area contributed by atoms with Crippen molar-refractivity contribution in [1.29, 1.82) is 0 Å². The first-order chi connectivity index (χ1) is 9.20. The molecule has 0 radical (unpaired) electrons. The number of carbonyl (C=O) groups is 2. The minimum atomic E-state index is -1.29. The monoisotopic (exact) mass is 284 g/mol. The van der Waals surface area contributed by atoms with Gasteiger partial charge in [0, 0.05) is 12.3 Å². The molecule has 5 heteroatoms. The van der Waals surface area contributed by atoms with E-state index in [-0.39, 0.29) is 24.0 Å². The average molecular weight is 284 g/mol. The van der Waals surface area contributed by atoms with Crippen LogP contribution >= 0.6 is 0 Å². The standard InChI is InChI=1S/C15H24O5/c1-7-10-8-15(12(16)18-5,13(17)19-6)9-11(10)20-14(2,3)4/h7,10-11H,1,8-9H2,2-6H3/t10-,11-/m0/s1. The lowest BCUT2D eigenvalue weighted by Crippen LogP contribution is -2.40. The summed E-state index contributed by atoms with van der Waals surface area (Å²) in [4.78, 5) is 24.2. The fourth-order valence-electron chi connectivity index (χ4n) is 2.74. The Kier molecular flexibility index (Phi) is 4.97. The Bertz CT molecular complexity index is 378. The van der Waals surface area contributed by atoms with Gasteiger partial charge in [0.2, 0.25) is 0 Å². The lowest BCUT2D eigenvalue weighted by molar-refractivity contribution is -0.170. The highest BCUT2D eigenvalue weighted by Gasteiger charge is 2.57. The summed E-state index contributed by atoms with van der Waals surface area (Å²) in [6, 6.07) is 0. The number of ether oxygens (including phenoxy) is 3. The lowest BCUT2D eigenvalue weighted by atomic mass is 9.85. The highest BCUT2D eigenvalue weighted by Crippen LogP contribution is 2.46. The van der Waals surface area contributed by atoms with Crippen molar-refractivity contribution in [3.8, 4) is 0 Å². The van der Waals surface area contributed by atoms with Crippen LogP contribution in [0.4, 0.5) is 0 Å². The molecule has 20 heavy (non-hydrogen) atoms. The topological polar surface area (TPSA) is 61.8 Å². The Balaban J connectivity index is 3.08. The summed E-state index contributed by atoms with van der Waals surface area (Å²) in [5, 5.41) is 0. The van der Waals surface area contributed by atoms with Crippen LogP contribution in [0, 0.1) is 11.3 Å². The molecule has 0 aromatic carbocycles. The molecule has 2 atom stereocenters. The molecule has 1 rings (SSSR count). The van der Waals surface area contributed by atoms with Crippen LogP contribution in [0.25, 0.3) is 0 Å². The van der Waals surface area contributed by atoms with Crippen LogP contribution in [0.15, 0.2) is 12.7 Å². The molecule has 0 aromatic heterocycles. The molecule has 1 fully saturated rings. The van der Waals surface area contributed by atoms with E-state index in [9.17, 15) is 9.59 Å². The smallest absolute Gasteiger partial charge is 0.323 e. The van der Waals surface area contributed by atoms with Crippen LogP contribution in [0.3, 0.4) is 0 Å². The fraction of sp³-hybridized carbons (Fsp3) is 0.733. The molecular formula is C15H24O5. The molecule has 0 bridgehead atoms. The van der Waals surface area contributed by atoms with E-state index >= 15 is 0 Å². The van der Waals surface area contributed by atoms with Gasteiger partial charge in [0.15, 0.2) is 5.41 Å². The molecule has 0 aliphatic heterocycles. The molecule has 0 N–H and O–H groups in total. The van der Waals surface area contributed by atoms with E-state index in [1.165, 1.54) is 14.2 Å². The van der Waals surface area contributed by atoms with Crippen molar-refractivity contribution < 1.29 is 23.8 Å². The lowest BCUT2D eigenvalue weighted by Gasteiger charge is -2.28. The summed E-state index contributed by atoms with van der Waals surface area (Å²) in [6.07, 6.45) is 2.02. The molecule has 1 aliphatic rings. The number of rotatable bonds is 4. The van der Waals surface area contributed by atoms with E-state index in [0.717, 1.165) is 0 Å². The number of hydrogen-bond acceptors (Lipinski definition) is 5. The van der Waals surface area contributed by atoms with Gasteiger partial charge in [-0.1, -0.05) is 6.08 Å². The predicted octanol–water partition coefficient (Wildman–Crippen LogP) is 2.10. The van der Waals surface area contributed by atoms with Gasteiger partial charge in [-0.25, -0.2) is 0 Å². The summed E-state index contributed by atoms with van der Waals surface area (Å²) in [6.45, 7) is 9.58. The largest absolute Gasteiger partial charge is 0.468 e. The van der Waals surface area contributed by atoms with Crippen LogP contribution in [0.1, 0.15) is 33.6 Å². The van der Waals surface area contributed by atoms with Gasteiger partial charge < -0.3 is 14.2 Å². The van der Waals surface area contributed by atoms with Crippen molar-refractivity contribution in [2.45, 2.75) is 45.3 Å². The molecular weight excluding hydrogens is 260 g/mol. The third kappa shape index (κ3) is 3.20. The van der Waals surface area contributed by atoms with Gasteiger partial charge in [-0.15, -0.1) is 6.58 Å². The van der Waals surface area contributed by atoms with Gasteiger partial charge in [-0.05, 0) is 27.2 Å². The zero-order chi connectivity index (χ0) is 15.6. The number of carbonyl (C=O) groups excluding carboxylic acids is 2. The highest BCUT2D eigenvalue weighted by molar-refractivity contribution is 6.00. The minimum absolute atomic E-state index is 0.0903. The quantitative estimate of drug-likeness (QED) is 0.449. The van der Waals surface area contributed by atoms with Gasteiger partial charge >= 0.3 is 11.9 Å². The van der Waals surface area contributed by atoms with Gasteiger partial charge in [0.1, 0.15) is 0 Å². The second kappa shape index (κ2) is 5.95. The van der Waals surface area contributed by atoms with Gasteiger partial charge in [-0.3, -0.25) is 9.59 Å². The van der Waals surface area contributed by atoms with Crippen LogP contribution in [-0.2, 0) is 23.8 Å². The summed E-state index contributed by atoms with van der Waals surface area (Å²) < 4.78 is 15.6. The second-order valence-corrected chi connectivity index (χ2v) is 6.14. The minimum Gasteiger partial charge on any atom is -0.468 e. The summed E-state index contributed by atoms with van der Waals surface area (Å²) in [7, 11) is 2.54. The van der Waals surface area contributed by atoms with Gasteiger partial charge in [0.05, 0.1) is 25.9 Å². The van der Waals surface area contributed by atoms with E-state index in [4.69, 9.17) is 14.2 Å². The Morgan fingerprint density at radius 3 is 2.00 bits per heavy atom. The average Bonchev–Trinajstić information content (AvgIpc) is 2.74. The van der Waals surface area contributed by atoms with Crippen molar-refractivity contribution in [1.82, 2.24) is 0 Å². The molecule has 0 unspecified atom stereocenters. The molecule has 0 aromatic rings. The van der Waals surface area contributed by atoms with Crippen molar-refractivity contribution in [3.63, 3.8) is 0 Å². The van der Waals surface area contributed by atoms with Crippen LogP contribution in [0.2, 0.25) is 0 Å². The first-order valence-corrected chi connectivity index (χ1v) is 6.67. The number of hydrogen-bond donors (Lipinski definition) is 0. The molecule has 1 aliphatic carbocycles. The summed E-state index contributed by atoms with van der Waals surface area (Å²) in [5.41, 5.74) is -1.66. The fourth-order valence-corrected chi connectivity index (χ4v) is 2.74. The zero-order valence-electron chi connectivity index (χ0n) is 12.9. The molecule has 1 saturated carbocycles. The molecule has 0 heterocycles. The second-order valence-electron chi connectivity index (χ2n) is 6.14. The Morgan fingerprint density at radius 1 is 1.15 bits per heavy atom. The summed E-state index contributed by atoms with van der Waals surface area (Å²) in [5.74, 6) is -1.24. The van der Waals surface area contributed by atoms with E-state index in [1.54, 1.807) is 6.08 Å².